The van der Waals surface area contributed by atoms with Crippen LogP contribution in [0.1, 0.15) is 12.5 Å². The number of benzene rings is 2. The minimum absolute atomic E-state index is 0.237. The Labute approximate surface area is 106 Å². The molecule has 0 aliphatic rings. The molecule has 0 bridgehead atoms. The van der Waals surface area contributed by atoms with Crippen molar-refractivity contribution in [2.45, 2.75) is 6.92 Å². The van der Waals surface area contributed by atoms with Crippen molar-refractivity contribution in [3.63, 3.8) is 0 Å². The molecule has 2 rings (SSSR count). The van der Waals surface area contributed by atoms with Gasteiger partial charge in [0.15, 0.2) is 0 Å². The Balaban J connectivity index is 2.35. The normalized spacial score (nSPS) is 10.8. The first-order chi connectivity index (χ1) is 8.81. The van der Waals surface area contributed by atoms with Crippen molar-refractivity contribution in [1.29, 1.82) is 0 Å². The predicted octanol–water partition coefficient (Wildman–Crippen LogP) is 3.86. The second-order valence-corrected chi connectivity index (χ2v) is 3.75. The molecular weight excluding hydrogens is 229 g/mol. The molecule has 2 aromatic carbocycles. The fourth-order valence-electron chi connectivity index (χ4n) is 1.67. The molecule has 0 unspecified atom stereocenters. The summed E-state index contributed by atoms with van der Waals surface area (Å²) in [7, 11) is 0. The monoisotopic (exact) mass is 243 g/mol. The summed E-state index contributed by atoms with van der Waals surface area (Å²) < 4.78 is 12.9. The fraction of sp³-hybridized carbons (Fsp3) is 0.133. The van der Waals surface area contributed by atoms with E-state index >= 15 is 0 Å². The van der Waals surface area contributed by atoms with Gasteiger partial charge in [-0.25, -0.2) is 4.39 Å². The maximum Gasteiger partial charge on any atom is 0.123 e. The molecule has 0 spiro atoms. The second-order valence-electron chi connectivity index (χ2n) is 3.75. The highest BCUT2D eigenvalue weighted by atomic mass is 19.1. The van der Waals surface area contributed by atoms with Gasteiger partial charge in [0.1, 0.15) is 12.4 Å². The average molecular weight is 243 g/mol. The van der Waals surface area contributed by atoms with Crippen molar-refractivity contribution >= 4 is 6.21 Å². The maximum absolute atomic E-state index is 12.9. The summed E-state index contributed by atoms with van der Waals surface area (Å²) in [6.07, 6.45) is 1.67. The lowest BCUT2D eigenvalue weighted by Gasteiger charge is -2.05. The van der Waals surface area contributed by atoms with E-state index in [0.29, 0.717) is 6.61 Å². The van der Waals surface area contributed by atoms with Gasteiger partial charge in [-0.05, 0) is 30.2 Å². The number of rotatable bonds is 4. The van der Waals surface area contributed by atoms with Gasteiger partial charge in [-0.15, -0.1) is 0 Å². The van der Waals surface area contributed by atoms with Crippen molar-refractivity contribution < 1.29 is 9.23 Å². The summed E-state index contributed by atoms with van der Waals surface area (Å²) in [4.78, 5) is 4.96. The Kier molecular flexibility index (Phi) is 4.07. The number of hydrogen-bond donors (Lipinski definition) is 0. The molecule has 0 radical (unpaired) electrons. The van der Waals surface area contributed by atoms with E-state index in [2.05, 4.69) is 5.16 Å². The van der Waals surface area contributed by atoms with E-state index < -0.39 is 0 Å². The Morgan fingerprint density at radius 3 is 2.56 bits per heavy atom. The lowest BCUT2D eigenvalue weighted by Crippen LogP contribution is -1.89. The van der Waals surface area contributed by atoms with E-state index in [1.165, 1.54) is 12.1 Å². The average Bonchev–Trinajstić information content (AvgIpc) is 2.41. The molecule has 0 heterocycles. The molecule has 0 saturated carbocycles. The molecule has 2 nitrogen and oxygen atoms in total. The van der Waals surface area contributed by atoms with Gasteiger partial charge in [-0.1, -0.05) is 41.6 Å². The van der Waals surface area contributed by atoms with Gasteiger partial charge in [0.05, 0.1) is 6.21 Å². The largest absolute Gasteiger partial charge is 0.396 e. The molecule has 0 aromatic heterocycles. The highest BCUT2D eigenvalue weighted by molar-refractivity contribution is 5.90. The Morgan fingerprint density at radius 2 is 1.83 bits per heavy atom. The van der Waals surface area contributed by atoms with Crippen LogP contribution in [0.2, 0.25) is 0 Å². The van der Waals surface area contributed by atoms with E-state index in [-0.39, 0.29) is 5.82 Å². The fourth-order valence-corrected chi connectivity index (χ4v) is 1.67. The van der Waals surface area contributed by atoms with Crippen LogP contribution < -0.4 is 0 Å². The van der Waals surface area contributed by atoms with Gasteiger partial charge in [-0.3, -0.25) is 0 Å². The van der Waals surface area contributed by atoms with Gasteiger partial charge >= 0.3 is 0 Å². The third-order valence-corrected chi connectivity index (χ3v) is 2.51. The molecular formula is C15H14FNO. The molecule has 3 heteroatoms. The Morgan fingerprint density at radius 1 is 1.11 bits per heavy atom. The Bertz CT molecular complexity index is 534. The number of halogens is 1. The molecule has 0 fully saturated rings. The molecule has 0 aliphatic carbocycles. The van der Waals surface area contributed by atoms with Gasteiger partial charge in [-0.2, -0.15) is 0 Å². The van der Waals surface area contributed by atoms with Gasteiger partial charge in [0, 0.05) is 5.56 Å². The number of nitrogens with zero attached hydrogens (tertiary/aromatic N) is 1. The molecule has 0 aliphatic heterocycles. The SMILES string of the molecule is CCO/N=C/c1ccccc1-c1ccc(F)cc1. The number of oxime groups is 1. The topological polar surface area (TPSA) is 21.6 Å². The first-order valence-electron chi connectivity index (χ1n) is 5.81. The van der Waals surface area contributed by atoms with Crippen LogP contribution >= 0.6 is 0 Å². The van der Waals surface area contributed by atoms with Crippen LogP contribution in [0.4, 0.5) is 4.39 Å². The van der Waals surface area contributed by atoms with Crippen molar-refractivity contribution in [2.24, 2.45) is 5.16 Å². The lowest BCUT2D eigenvalue weighted by atomic mass is 10.0. The zero-order chi connectivity index (χ0) is 12.8. The highest BCUT2D eigenvalue weighted by Gasteiger charge is 2.02. The lowest BCUT2D eigenvalue weighted by molar-refractivity contribution is 0.160. The summed E-state index contributed by atoms with van der Waals surface area (Å²) in [5.74, 6) is -0.237. The standard InChI is InChI=1S/C15H14FNO/c1-2-18-17-11-13-5-3-4-6-15(13)12-7-9-14(16)10-8-12/h3-11H,2H2,1H3/b17-11+. The Hall–Kier alpha value is -2.16. The van der Waals surface area contributed by atoms with Gasteiger partial charge < -0.3 is 4.84 Å². The van der Waals surface area contributed by atoms with Crippen LogP contribution in [0.25, 0.3) is 11.1 Å². The van der Waals surface area contributed by atoms with E-state index in [1.807, 2.05) is 31.2 Å². The van der Waals surface area contributed by atoms with Crippen molar-refractivity contribution in [3.05, 3.63) is 59.9 Å². The highest BCUT2D eigenvalue weighted by Crippen LogP contribution is 2.22. The first kappa shape index (κ1) is 12.3. The van der Waals surface area contributed by atoms with Gasteiger partial charge in [0.25, 0.3) is 0 Å². The zero-order valence-corrected chi connectivity index (χ0v) is 10.1. The molecule has 92 valence electrons. The smallest absolute Gasteiger partial charge is 0.123 e. The predicted molar refractivity (Wildman–Crippen MR) is 71.1 cm³/mol. The van der Waals surface area contributed by atoms with E-state index in [0.717, 1.165) is 16.7 Å². The van der Waals surface area contributed by atoms with Crippen LogP contribution in [0.15, 0.2) is 53.7 Å². The van der Waals surface area contributed by atoms with E-state index in [1.54, 1.807) is 18.3 Å². The summed E-state index contributed by atoms with van der Waals surface area (Å²) in [6, 6.07) is 14.2. The van der Waals surface area contributed by atoms with Crippen molar-refractivity contribution in [1.82, 2.24) is 0 Å². The van der Waals surface area contributed by atoms with Gasteiger partial charge in [0.2, 0.25) is 0 Å². The molecule has 2 aromatic rings. The van der Waals surface area contributed by atoms with Crippen molar-refractivity contribution in [3.8, 4) is 11.1 Å². The minimum Gasteiger partial charge on any atom is -0.396 e. The quantitative estimate of drug-likeness (QED) is 0.590. The summed E-state index contributed by atoms with van der Waals surface area (Å²) in [6.45, 7) is 2.42. The van der Waals surface area contributed by atoms with E-state index in [4.69, 9.17) is 4.84 Å². The number of hydrogen-bond acceptors (Lipinski definition) is 2. The third-order valence-electron chi connectivity index (χ3n) is 2.51. The molecule has 0 N–H and O–H groups in total. The molecule has 0 atom stereocenters. The third kappa shape index (κ3) is 2.94. The molecule has 0 saturated heterocycles. The van der Waals surface area contributed by atoms with Crippen LogP contribution in [0.5, 0.6) is 0 Å². The van der Waals surface area contributed by atoms with Crippen molar-refractivity contribution in [2.75, 3.05) is 6.61 Å². The molecule has 0 amide bonds. The first-order valence-corrected chi connectivity index (χ1v) is 5.81. The summed E-state index contributed by atoms with van der Waals surface area (Å²) in [5, 5.41) is 3.86. The molecule has 18 heavy (non-hydrogen) atoms. The summed E-state index contributed by atoms with van der Waals surface area (Å²) >= 11 is 0. The van der Waals surface area contributed by atoms with Crippen LogP contribution in [0.3, 0.4) is 0 Å². The zero-order valence-electron chi connectivity index (χ0n) is 10.1. The van der Waals surface area contributed by atoms with Crippen LogP contribution in [-0.2, 0) is 4.84 Å². The maximum atomic E-state index is 12.9. The van der Waals surface area contributed by atoms with Crippen LogP contribution in [-0.4, -0.2) is 12.8 Å². The second kappa shape index (κ2) is 5.96. The summed E-state index contributed by atoms with van der Waals surface area (Å²) in [5.41, 5.74) is 2.90. The van der Waals surface area contributed by atoms with Crippen LogP contribution in [0, 0.1) is 5.82 Å². The minimum atomic E-state index is -0.237. The van der Waals surface area contributed by atoms with E-state index in [9.17, 15) is 4.39 Å².